The van der Waals surface area contributed by atoms with E-state index in [9.17, 15) is 4.79 Å². The van der Waals surface area contributed by atoms with Crippen LogP contribution in [0.15, 0.2) is 59.7 Å². The van der Waals surface area contributed by atoms with E-state index in [-0.39, 0.29) is 11.9 Å². The van der Waals surface area contributed by atoms with Crippen molar-refractivity contribution in [2.75, 3.05) is 19.8 Å². The lowest BCUT2D eigenvalue weighted by Gasteiger charge is -2.33. The third-order valence-corrected chi connectivity index (χ3v) is 4.06. The summed E-state index contributed by atoms with van der Waals surface area (Å²) in [5.41, 5.74) is 1.56. The van der Waals surface area contributed by atoms with Crippen molar-refractivity contribution >= 4 is 5.91 Å². The minimum Gasteiger partial charge on any atom is -0.377 e. The Hall–Kier alpha value is -2.93. The summed E-state index contributed by atoms with van der Waals surface area (Å²) in [5.74, 6) is 0.395. The Morgan fingerprint density at radius 3 is 2.88 bits per heavy atom. The molecule has 3 aromatic rings. The molecule has 7 nitrogen and oxygen atoms in total. The number of aromatic nitrogens is 3. The average Bonchev–Trinajstić information content (AvgIpc) is 3.35. The Labute approximate surface area is 138 Å². The molecule has 1 fully saturated rings. The Kier molecular flexibility index (Phi) is 3.84. The maximum absolute atomic E-state index is 13.0. The Bertz CT molecular complexity index is 814. The van der Waals surface area contributed by atoms with Gasteiger partial charge in [-0.3, -0.25) is 4.79 Å². The van der Waals surface area contributed by atoms with Crippen LogP contribution in [0.1, 0.15) is 22.2 Å². The van der Waals surface area contributed by atoms with Crippen molar-refractivity contribution in [1.29, 1.82) is 0 Å². The fourth-order valence-corrected chi connectivity index (χ4v) is 2.86. The highest BCUT2D eigenvalue weighted by molar-refractivity contribution is 5.95. The summed E-state index contributed by atoms with van der Waals surface area (Å²) in [5, 5.41) is 3.86. The first kappa shape index (κ1) is 14.6. The van der Waals surface area contributed by atoms with Crippen LogP contribution in [0.5, 0.6) is 0 Å². The molecule has 0 N–H and O–H groups in total. The number of morpholine rings is 1. The second-order valence-corrected chi connectivity index (χ2v) is 5.52. The van der Waals surface area contributed by atoms with Crippen molar-refractivity contribution in [3.8, 4) is 5.69 Å². The maximum atomic E-state index is 13.0. The first-order valence-corrected chi connectivity index (χ1v) is 7.71. The van der Waals surface area contributed by atoms with E-state index in [1.54, 1.807) is 4.90 Å². The molecule has 3 heterocycles. The van der Waals surface area contributed by atoms with E-state index in [1.165, 1.54) is 6.39 Å². The fourth-order valence-electron chi connectivity index (χ4n) is 2.86. The first-order chi connectivity index (χ1) is 11.8. The van der Waals surface area contributed by atoms with Crippen LogP contribution in [0, 0.1) is 0 Å². The molecule has 1 saturated heterocycles. The van der Waals surface area contributed by atoms with Crippen LogP contribution in [-0.4, -0.2) is 45.3 Å². The van der Waals surface area contributed by atoms with Gasteiger partial charge in [-0.05, 0) is 30.3 Å². The molecule has 2 aromatic heterocycles. The van der Waals surface area contributed by atoms with Crippen LogP contribution in [0.25, 0.3) is 5.69 Å². The number of hydrogen-bond donors (Lipinski definition) is 0. The predicted octanol–water partition coefficient (Wildman–Crippen LogP) is 2.07. The third kappa shape index (κ3) is 2.69. The van der Waals surface area contributed by atoms with Crippen LogP contribution in [0.4, 0.5) is 0 Å². The summed E-state index contributed by atoms with van der Waals surface area (Å²) in [6.45, 7) is 1.35. The molecule has 1 amide bonds. The van der Waals surface area contributed by atoms with E-state index in [1.807, 2.05) is 53.4 Å². The number of carbonyl (C=O) groups is 1. The van der Waals surface area contributed by atoms with Crippen LogP contribution < -0.4 is 0 Å². The lowest BCUT2D eigenvalue weighted by Crippen LogP contribution is -2.43. The quantitative estimate of drug-likeness (QED) is 0.737. The van der Waals surface area contributed by atoms with Crippen molar-refractivity contribution in [1.82, 2.24) is 19.6 Å². The molecule has 4 rings (SSSR count). The lowest BCUT2D eigenvalue weighted by molar-refractivity contribution is -0.00576. The van der Waals surface area contributed by atoms with Gasteiger partial charge in [0.25, 0.3) is 5.91 Å². The zero-order valence-electron chi connectivity index (χ0n) is 12.9. The highest BCUT2D eigenvalue weighted by Gasteiger charge is 2.32. The van der Waals surface area contributed by atoms with E-state index >= 15 is 0 Å². The first-order valence-electron chi connectivity index (χ1n) is 7.71. The standard InChI is InChI=1S/C17H16N4O3/c22-17(13-4-3-5-14(10-13)20-6-1-2-7-20)21-8-9-23-11-15(21)16-18-12-24-19-16/h1-7,10,12,15H,8-9,11H2/t15-/m1/s1. The number of benzene rings is 1. The summed E-state index contributed by atoms with van der Waals surface area (Å²) in [4.78, 5) is 18.8. The minimum atomic E-state index is -0.333. The normalized spacial score (nSPS) is 17.8. The molecule has 1 aromatic carbocycles. The molecule has 0 unspecified atom stereocenters. The molecule has 1 atom stereocenters. The molecule has 24 heavy (non-hydrogen) atoms. The monoisotopic (exact) mass is 324 g/mol. The van der Waals surface area contributed by atoms with Crippen molar-refractivity contribution in [2.24, 2.45) is 0 Å². The molecular weight excluding hydrogens is 308 g/mol. The van der Waals surface area contributed by atoms with Crippen molar-refractivity contribution in [2.45, 2.75) is 6.04 Å². The van der Waals surface area contributed by atoms with Gasteiger partial charge in [-0.2, -0.15) is 4.98 Å². The molecule has 0 saturated carbocycles. The average molecular weight is 324 g/mol. The highest BCUT2D eigenvalue weighted by Crippen LogP contribution is 2.24. The molecule has 7 heteroatoms. The molecule has 1 aliphatic rings. The molecule has 1 aliphatic heterocycles. The number of hydrogen-bond acceptors (Lipinski definition) is 5. The summed E-state index contributed by atoms with van der Waals surface area (Å²) in [7, 11) is 0. The summed E-state index contributed by atoms with van der Waals surface area (Å²) in [6.07, 6.45) is 5.15. The number of amides is 1. The Balaban J connectivity index is 1.63. The SMILES string of the molecule is O=C(c1cccc(-n2cccc2)c1)N1CCOC[C@@H]1c1ncon1. The molecule has 0 bridgehead atoms. The minimum absolute atomic E-state index is 0.0675. The van der Waals surface area contributed by atoms with Crippen LogP contribution in [0.3, 0.4) is 0 Å². The van der Waals surface area contributed by atoms with Gasteiger partial charge in [0.2, 0.25) is 6.39 Å². The fraction of sp³-hybridized carbons (Fsp3) is 0.235. The van der Waals surface area contributed by atoms with Crippen LogP contribution in [0.2, 0.25) is 0 Å². The number of nitrogens with zero attached hydrogens (tertiary/aromatic N) is 4. The van der Waals surface area contributed by atoms with Gasteiger partial charge in [-0.25, -0.2) is 0 Å². The molecule has 0 spiro atoms. The van der Waals surface area contributed by atoms with Crippen molar-refractivity contribution < 1.29 is 14.1 Å². The number of rotatable bonds is 3. The topological polar surface area (TPSA) is 73.4 Å². The van der Waals surface area contributed by atoms with Gasteiger partial charge in [0.1, 0.15) is 6.04 Å². The number of ether oxygens (including phenoxy) is 1. The smallest absolute Gasteiger partial charge is 0.254 e. The van der Waals surface area contributed by atoms with Gasteiger partial charge >= 0.3 is 0 Å². The van der Waals surface area contributed by atoms with E-state index in [4.69, 9.17) is 9.26 Å². The van der Waals surface area contributed by atoms with E-state index < -0.39 is 0 Å². The third-order valence-electron chi connectivity index (χ3n) is 4.06. The van der Waals surface area contributed by atoms with Gasteiger partial charge in [0.05, 0.1) is 13.2 Å². The largest absolute Gasteiger partial charge is 0.377 e. The van der Waals surface area contributed by atoms with Crippen molar-refractivity contribution in [3.05, 3.63) is 66.6 Å². The van der Waals surface area contributed by atoms with Crippen LogP contribution in [-0.2, 0) is 4.74 Å². The Morgan fingerprint density at radius 1 is 1.21 bits per heavy atom. The van der Waals surface area contributed by atoms with E-state index in [0.29, 0.717) is 31.1 Å². The van der Waals surface area contributed by atoms with Gasteiger partial charge in [-0.15, -0.1) is 0 Å². The zero-order chi connectivity index (χ0) is 16.4. The Morgan fingerprint density at radius 2 is 2.08 bits per heavy atom. The van der Waals surface area contributed by atoms with Gasteiger partial charge in [0, 0.05) is 30.2 Å². The van der Waals surface area contributed by atoms with Gasteiger partial charge < -0.3 is 18.7 Å². The summed E-state index contributed by atoms with van der Waals surface area (Å²) >= 11 is 0. The second kappa shape index (κ2) is 6.29. The summed E-state index contributed by atoms with van der Waals surface area (Å²) in [6, 6.07) is 11.1. The summed E-state index contributed by atoms with van der Waals surface area (Å²) < 4.78 is 12.3. The van der Waals surface area contributed by atoms with Gasteiger partial charge in [0.15, 0.2) is 5.82 Å². The molecule has 0 radical (unpaired) electrons. The lowest BCUT2D eigenvalue weighted by atomic mass is 10.1. The molecular formula is C17H16N4O3. The predicted molar refractivity (Wildman–Crippen MR) is 84.7 cm³/mol. The molecule has 0 aliphatic carbocycles. The van der Waals surface area contributed by atoms with Crippen LogP contribution >= 0.6 is 0 Å². The zero-order valence-corrected chi connectivity index (χ0v) is 12.9. The maximum Gasteiger partial charge on any atom is 0.254 e. The van der Waals surface area contributed by atoms with Gasteiger partial charge in [-0.1, -0.05) is 11.2 Å². The van der Waals surface area contributed by atoms with E-state index in [0.717, 1.165) is 5.69 Å². The second-order valence-electron chi connectivity index (χ2n) is 5.52. The van der Waals surface area contributed by atoms with Crippen molar-refractivity contribution in [3.63, 3.8) is 0 Å². The molecule has 122 valence electrons. The number of carbonyl (C=O) groups excluding carboxylic acids is 1. The highest BCUT2D eigenvalue weighted by atomic mass is 16.5. The van der Waals surface area contributed by atoms with E-state index in [2.05, 4.69) is 10.1 Å².